The van der Waals surface area contributed by atoms with Crippen LogP contribution in [0.2, 0.25) is 0 Å². The van der Waals surface area contributed by atoms with Gasteiger partial charge in [-0.05, 0) is 12.0 Å². The van der Waals surface area contributed by atoms with Gasteiger partial charge in [0.05, 0.1) is 25.9 Å². The Morgan fingerprint density at radius 3 is 2.48 bits per heavy atom. The van der Waals surface area contributed by atoms with Gasteiger partial charge in [-0.2, -0.15) is 0 Å². The summed E-state index contributed by atoms with van der Waals surface area (Å²) in [6.07, 6.45) is 3.70. The van der Waals surface area contributed by atoms with Crippen LogP contribution in [0, 0.1) is 0 Å². The quantitative estimate of drug-likeness (QED) is 0.746. The van der Waals surface area contributed by atoms with Gasteiger partial charge in [-0.3, -0.25) is 0 Å². The topological polar surface area (TPSA) is 47.9 Å². The molecule has 0 aliphatic carbocycles. The second-order valence-electron chi connectivity index (χ2n) is 5.98. The zero-order valence-corrected chi connectivity index (χ0v) is 14.2. The lowest BCUT2D eigenvalue weighted by molar-refractivity contribution is -0.0997. The first-order chi connectivity index (χ1) is 12.4. The maximum Gasteiger partial charge on any atom is 0.184 e. The van der Waals surface area contributed by atoms with Crippen molar-refractivity contribution < 1.29 is 19.3 Å². The van der Waals surface area contributed by atoms with E-state index in [0.717, 1.165) is 11.1 Å². The number of aliphatic hydroxyl groups excluding tert-OH is 1. The summed E-state index contributed by atoms with van der Waals surface area (Å²) in [5, 5.41) is 8.96. The molecule has 0 amide bonds. The molecular weight excluding hydrogens is 316 g/mol. The second kappa shape index (κ2) is 9.49. The van der Waals surface area contributed by atoms with Gasteiger partial charge < -0.3 is 19.3 Å². The van der Waals surface area contributed by atoms with Crippen LogP contribution in [0.4, 0.5) is 0 Å². The lowest BCUT2D eigenvalue weighted by atomic mass is 10.1. The zero-order chi connectivity index (χ0) is 17.3. The smallest absolute Gasteiger partial charge is 0.184 e. The van der Waals surface area contributed by atoms with Crippen LogP contribution in [0.3, 0.4) is 0 Å². The molecule has 2 aromatic rings. The van der Waals surface area contributed by atoms with E-state index in [1.165, 1.54) is 0 Å². The van der Waals surface area contributed by atoms with E-state index in [9.17, 15) is 0 Å². The van der Waals surface area contributed by atoms with E-state index in [0.29, 0.717) is 19.6 Å². The van der Waals surface area contributed by atoms with Gasteiger partial charge >= 0.3 is 0 Å². The largest absolute Gasteiger partial charge is 0.392 e. The Kier molecular flexibility index (Phi) is 6.77. The van der Waals surface area contributed by atoms with E-state index in [4.69, 9.17) is 19.3 Å². The maximum atomic E-state index is 8.96. The van der Waals surface area contributed by atoms with Crippen LogP contribution in [0.5, 0.6) is 0 Å². The Labute approximate surface area is 148 Å². The van der Waals surface area contributed by atoms with Crippen LogP contribution in [-0.2, 0) is 20.8 Å². The lowest BCUT2D eigenvalue weighted by Crippen LogP contribution is -2.30. The van der Waals surface area contributed by atoms with E-state index in [-0.39, 0.29) is 25.1 Å². The summed E-state index contributed by atoms with van der Waals surface area (Å²) >= 11 is 0. The summed E-state index contributed by atoms with van der Waals surface area (Å²) in [5.74, 6) is 0. The summed E-state index contributed by atoms with van der Waals surface area (Å²) in [6, 6.07) is 20.0. The minimum absolute atomic E-state index is 0.0278. The van der Waals surface area contributed by atoms with Crippen molar-refractivity contribution in [1.29, 1.82) is 0 Å². The van der Waals surface area contributed by atoms with Crippen LogP contribution in [-0.4, -0.2) is 30.5 Å². The standard InChI is InChI=1S/C21H24O4/c22-14-8-7-13-19(23-15-17-9-3-1-4-10-17)20-16-24-21(25-20)18-11-5-2-6-12-18/h1-12,19-22H,13-16H2/b8-7+/t19-,20+,21?/m1/s1. The lowest BCUT2D eigenvalue weighted by Gasteiger charge is -2.22. The Morgan fingerprint density at radius 2 is 1.76 bits per heavy atom. The summed E-state index contributed by atoms with van der Waals surface area (Å²) in [6.45, 7) is 1.04. The van der Waals surface area contributed by atoms with Gasteiger partial charge in [-0.15, -0.1) is 0 Å². The Morgan fingerprint density at radius 1 is 1.04 bits per heavy atom. The van der Waals surface area contributed by atoms with Crippen molar-refractivity contribution in [2.24, 2.45) is 0 Å². The summed E-state index contributed by atoms with van der Waals surface area (Å²) < 4.78 is 18.0. The molecule has 1 unspecified atom stereocenters. The normalized spacial score (nSPS) is 21.6. The highest BCUT2D eigenvalue weighted by Gasteiger charge is 2.33. The molecule has 1 saturated heterocycles. The highest BCUT2D eigenvalue weighted by atomic mass is 16.7. The van der Waals surface area contributed by atoms with Crippen LogP contribution < -0.4 is 0 Å². The van der Waals surface area contributed by atoms with E-state index in [2.05, 4.69) is 0 Å². The first kappa shape index (κ1) is 17.8. The van der Waals surface area contributed by atoms with Crippen molar-refractivity contribution in [3.63, 3.8) is 0 Å². The fourth-order valence-corrected chi connectivity index (χ4v) is 2.81. The molecule has 0 aromatic heterocycles. The average molecular weight is 340 g/mol. The second-order valence-corrected chi connectivity index (χ2v) is 5.98. The molecule has 0 saturated carbocycles. The van der Waals surface area contributed by atoms with Gasteiger partial charge in [-0.1, -0.05) is 72.8 Å². The predicted molar refractivity (Wildman–Crippen MR) is 95.9 cm³/mol. The summed E-state index contributed by atoms with van der Waals surface area (Å²) in [4.78, 5) is 0. The van der Waals surface area contributed by atoms with Crippen LogP contribution in [0.25, 0.3) is 0 Å². The van der Waals surface area contributed by atoms with E-state index < -0.39 is 0 Å². The van der Waals surface area contributed by atoms with Gasteiger partial charge in [0.2, 0.25) is 0 Å². The minimum Gasteiger partial charge on any atom is -0.392 e. The molecule has 1 N–H and O–H groups in total. The molecule has 3 atom stereocenters. The third-order valence-electron chi connectivity index (χ3n) is 4.14. The molecule has 1 aliphatic heterocycles. The maximum absolute atomic E-state index is 8.96. The third-order valence-corrected chi connectivity index (χ3v) is 4.14. The average Bonchev–Trinajstić information content (AvgIpc) is 3.16. The number of hydrogen-bond acceptors (Lipinski definition) is 4. The van der Waals surface area contributed by atoms with Crippen molar-refractivity contribution in [3.05, 3.63) is 83.9 Å². The van der Waals surface area contributed by atoms with Crippen molar-refractivity contribution in [2.75, 3.05) is 13.2 Å². The first-order valence-electron chi connectivity index (χ1n) is 8.60. The molecule has 3 rings (SSSR count). The van der Waals surface area contributed by atoms with Gasteiger partial charge in [0.25, 0.3) is 0 Å². The fourth-order valence-electron chi connectivity index (χ4n) is 2.81. The van der Waals surface area contributed by atoms with Crippen LogP contribution in [0.15, 0.2) is 72.8 Å². The van der Waals surface area contributed by atoms with Gasteiger partial charge in [0, 0.05) is 5.56 Å². The third kappa shape index (κ3) is 5.25. The molecule has 4 heteroatoms. The minimum atomic E-state index is -0.351. The van der Waals surface area contributed by atoms with Crippen molar-refractivity contribution in [2.45, 2.75) is 31.5 Å². The number of rotatable bonds is 8. The van der Waals surface area contributed by atoms with Crippen LogP contribution >= 0.6 is 0 Å². The molecule has 132 valence electrons. The summed E-state index contributed by atoms with van der Waals surface area (Å²) in [7, 11) is 0. The SMILES string of the molecule is OC/C=C/C[C@@H](OCc1ccccc1)[C@@H]1COC(c2ccccc2)O1. The number of aliphatic hydroxyl groups is 1. The molecule has 1 aliphatic rings. The number of hydrogen-bond donors (Lipinski definition) is 1. The molecule has 0 bridgehead atoms. The molecule has 1 heterocycles. The van der Waals surface area contributed by atoms with Crippen molar-refractivity contribution in [1.82, 2.24) is 0 Å². The highest BCUT2D eigenvalue weighted by molar-refractivity contribution is 5.17. The Bertz CT molecular complexity index is 641. The molecule has 1 fully saturated rings. The van der Waals surface area contributed by atoms with E-state index in [1.807, 2.05) is 66.7 Å². The van der Waals surface area contributed by atoms with Gasteiger partial charge in [-0.25, -0.2) is 0 Å². The number of benzene rings is 2. The number of ether oxygens (including phenoxy) is 3. The van der Waals surface area contributed by atoms with E-state index in [1.54, 1.807) is 6.08 Å². The summed E-state index contributed by atoms with van der Waals surface area (Å²) in [5.41, 5.74) is 2.13. The fraction of sp³-hybridized carbons (Fsp3) is 0.333. The molecule has 4 nitrogen and oxygen atoms in total. The Balaban J connectivity index is 1.61. The molecular formula is C21H24O4. The van der Waals surface area contributed by atoms with Gasteiger partial charge in [0.15, 0.2) is 6.29 Å². The zero-order valence-electron chi connectivity index (χ0n) is 14.2. The highest BCUT2D eigenvalue weighted by Crippen LogP contribution is 2.30. The predicted octanol–water partition coefficient (Wildman–Crippen LogP) is 3.62. The molecule has 2 aromatic carbocycles. The first-order valence-corrected chi connectivity index (χ1v) is 8.60. The molecule has 25 heavy (non-hydrogen) atoms. The van der Waals surface area contributed by atoms with Crippen molar-refractivity contribution >= 4 is 0 Å². The van der Waals surface area contributed by atoms with Gasteiger partial charge in [0.1, 0.15) is 6.10 Å². The van der Waals surface area contributed by atoms with Crippen LogP contribution in [0.1, 0.15) is 23.8 Å². The molecule has 0 spiro atoms. The Hall–Kier alpha value is -1.98. The monoisotopic (exact) mass is 340 g/mol. The molecule has 0 radical (unpaired) electrons. The van der Waals surface area contributed by atoms with E-state index >= 15 is 0 Å². The van der Waals surface area contributed by atoms with Crippen molar-refractivity contribution in [3.8, 4) is 0 Å².